The first-order chi connectivity index (χ1) is 38.8. The third-order valence-electron chi connectivity index (χ3n) is 14.8. The van der Waals surface area contributed by atoms with E-state index in [9.17, 15) is 59.1 Å². The van der Waals surface area contributed by atoms with Crippen LogP contribution in [0.1, 0.15) is 105 Å². The summed E-state index contributed by atoms with van der Waals surface area (Å²) in [6, 6.07) is 24.8. The smallest absolute Gasteiger partial charge is 0.407 e. The topological polar surface area (TPSA) is 358 Å². The molecule has 5 aromatic rings. The van der Waals surface area contributed by atoms with Crippen LogP contribution in [-0.4, -0.2) is 135 Å². The molecule has 1 heterocycles. The Morgan fingerprint density at radius 2 is 1.43 bits per heavy atom. The number of fused-ring (bicyclic) bond motifs is 3. The first-order valence-electron chi connectivity index (χ1n) is 26.5. The summed E-state index contributed by atoms with van der Waals surface area (Å²) in [6.07, 6.45) is -6.09. The van der Waals surface area contributed by atoms with Gasteiger partial charge in [-0.2, -0.15) is 0 Å². The summed E-state index contributed by atoms with van der Waals surface area (Å²) < 4.78 is 23.1. The number of amides is 4. The van der Waals surface area contributed by atoms with E-state index < -0.39 is 138 Å². The Balaban J connectivity index is 0.906. The van der Waals surface area contributed by atoms with E-state index in [2.05, 4.69) is 21.3 Å². The maximum Gasteiger partial charge on any atom is 0.407 e. The maximum atomic E-state index is 14.1. The van der Waals surface area contributed by atoms with E-state index >= 15 is 0 Å². The summed E-state index contributed by atoms with van der Waals surface area (Å²) in [6.45, 7) is 0.462. The first-order valence-corrected chi connectivity index (χ1v) is 26.5. The number of phenols is 2. The molecule has 1 aliphatic heterocycles. The number of methoxy groups -OCH3 is 1. The standard InChI is InChI=1S/C59H66N6O16/c1-31-50(68)40(26-45(80-31)81-43-28-59(77,44(67)29-66)27-37-47(43)54(72)49-48(52(37)70)51(69)36-16-11-18-42(78-2)46(36)53(49)71)65-58(76)79-30-34-19-21-35(22-20-34)62-56(74)39(17-9-10-23-60)63-57(75)41(25-33-14-7-4-8-15-33)64-55(73)38(61)24-32-12-5-3-6-13-32/h3-8,11-16,18-22,31,38-41,43,45,50,66,68,70,72,77H,9-10,17,23-30,60-61H2,1-2H3,(H,62,74)(H,63,75)(H,64,73)(H,65,76)/t31?,38-,39?,40?,41+,43?,45?,50?,59+/m1/s1. The molecule has 1 saturated heterocycles. The van der Waals surface area contributed by atoms with Crippen LogP contribution in [0.2, 0.25) is 0 Å². The minimum absolute atomic E-state index is 0.0307. The molecular formula is C59H66N6O16. The van der Waals surface area contributed by atoms with Crippen molar-refractivity contribution < 1.29 is 78.0 Å². The Bertz CT molecular complexity index is 3140. The Kier molecular flexibility index (Phi) is 19.0. The fraction of sp³-hybridized carbons (Fsp3) is 0.373. The molecule has 4 amide bonds. The highest BCUT2D eigenvalue weighted by molar-refractivity contribution is 6.31. The molecule has 13 N–H and O–H groups in total. The second-order valence-corrected chi connectivity index (χ2v) is 20.4. The van der Waals surface area contributed by atoms with Crippen molar-refractivity contribution in [3.05, 3.63) is 153 Å². The van der Waals surface area contributed by atoms with Crippen molar-refractivity contribution in [3.63, 3.8) is 0 Å². The van der Waals surface area contributed by atoms with Gasteiger partial charge in [0.2, 0.25) is 23.5 Å². The molecule has 0 spiro atoms. The van der Waals surface area contributed by atoms with E-state index in [4.69, 9.17) is 30.4 Å². The number of nitrogens with two attached hydrogens (primary N) is 2. The quantitative estimate of drug-likeness (QED) is 0.0344. The average molecular weight is 1120 g/mol. The molecule has 0 aromatic heterocycles. The molecule has 0 bridgehead atoms. The van der Waals surface area contributed by atoms with Gasteiger partial charge in [-0.15, -0.1) is 0 Å². The molecule has 81 heavy (non-hydrogen) atoms. The minimum Gasteiger partial charge on any atom is -0.507 e. The zero-order chi connectivity index (χ0) is 58.1. The van der Waals surface area contributed by atoms with Gasteiger partial charge in [-0.3, -0.25) is 28.8 Å². The highest BCUT2D eigenvalue weighted by Crippen LogP contribution is 2.52. The number of hydrogen-bond acceptors (Lipinski definition) is 18. The van der Waals surface area contributed by atoms with Crippen molar-refractivity contribution in [2.75, 3.05) is 25.6 Å². The summed E-state index contributed by atoms with van der Waals surface area (Å²) >= 11 is 0. The van der Waals surface area contributed by atoms with Crippen LogP contribution in [0.3, 0.4) is 0 Å². The number of benzene rings is 5. The summed E-state index contributed by atoms with van der Waals surface area (Å²) in [5.74, 6) is -5.95. The SMILES string of the molecule is COc1cccc2c1C(=O)c1c(O)c3c(c(O)c1C2=O)C[C@@](O)(C(=O)CO)CC3OC1CC(NC(=O)OCc2ccc(NC(=O)C(CCCCN)NC(=O)[C@H](Cc3ccccc3)NC(=O)[C@H](N)Cc3ccccc3)cc2)C(O)C(C)O1. The molecule has 9 atom stereocenters. The number of carbonyl (C=O) groups excluding carboxylic acids is 7. The predicted molar refractivity (Wildman–Crippen MR) is 291 cm³/mol. The summed E-state index contributed by atoms with van der Waals surface area (Å²) in [5.41, 5.74) is 10.2. The van der Waals surface area contributed by atoms with Crippen LogP contribution < -0.4 is 37.5 Å². The number of ether oxygens (including phenoxy) is 4. The summed E-state index contributed by atoms with van der Waals surface area (Å²) in [5, 5.41) is 67.4. The molecule has 0 saturated carbocycles. The number of hydrogen-bond donors (Lipinski definition) is 11. The van der Waals surface area contributed by atoms with E-state index in [-0.39, 0.29) is 60.3 Å². The van der Waals surface area contributed by atoms with E-state index in [0.717, 1.165) is 11.1 Å². The fourth-order valence-electron chi connectivity index (χ4n) is 10.4. The maximum absolute atomic E-state index is 14.1. The van der Waals surface area contributed by atoms with Crippen molar-refractivity contribution in [3.8, 4) is 17.2 Å². The van der Waals surface area contributed by atoms with Gasteiger partial charge in [0, 0.05) is 48.1 Å². The second-order valence-electron chi connectivity index (χ2n) is 20.4. The molecule has 22 heteroatoms. The molecule has 1 fully saturated rings. The molecular weight excluding hydrogens is 1050 g/mol. The average Bonchev–Trinajstić information content (AvgIpc) is 3.61. The predicted octanol–water partition coefficient (Wildman–Crippen LogP) is 2.82. The molecule has 0 radical (unpaired) electrons. The van der Waals surface area contributed by atoms with E-state index in [0.29, 0.717) is 30.6 Å². The lowest BCUT2D eigenvalue weighted by Gasteiger charge is -2.42. The van der Waals surface area contributed by atoms with Crippen LogP contribution in [0, 0.1) is 0 Å². The molecule has 2 aliphatic carbocycles. The number of aliphatic hydroxyl groups is 3. The van der Waals surface area contributed by atoms with Crippen LogP contribution in [0.15, 0.2) is 103 Å². The van der Waals surface area contributed by atoms with Gasteiger partial charge in [0.05, 0.1) is 48.1 Å². The summed E-state index contributed by atoms with van der Waals surface area (Å²) in [4.78, 5) is 95.6. The molecule has 428 valence electrons. The van der Waals surface area contributed by atoms with Crippen molar-refractivity contribution in [1.82, 2.24) is 16.0 Å². The van der Waals surface area contributed by atoms with Crippen LogP contribution in [-0.2, 0) is 59.3 Å². The summed E-state index contributed by atoms with van der Waals surface area (Å²) in [7, 11) is 1.29. The Morgan fingerprint density at radius 3 is 2.09 bits per heavy atom. The second kappa shape index (κ2) is 26.0. The molecule has 3 aliphatic rings. The van der Waals surface area contributed by atoms with Gasteiger partial charge in [-0.1, -0.05) is 84.9 Å². The van der Waals surface area contributed by atoms with Gasteiger partial charge < -0.3 is 77.2 Å². The van der Waals surface area contributed by atoms with Gasteiger partial charge in [0.25, 0.3) is 0 Å². The van der Waals surface area contributed by atoms with Gasteiger partial charge in [0.15, 0.2) is 17.9 Å². The number of anilines is 1. The van der Waals surface area contributed by atoms with Crippen LogP contribution in [0.5, 0.6) is 17.2 Å². The minimum atomic E-state index is -2.41. The van der Waals surface area contributed by atoms with Crippen molar-refractivity contribution >= 4 is 46.9 Å². The highest BCUT2D eigenvalue weighted by Gasteiger charge is 2.50. The zero-order valence-corrected chi connectivity index (χ0v) is 44.6. The van der Waals surface area contributed by atoms with Crippen molar-refractivity contribution in [1.29, 1.82) is 0 Å². The van der Waals surface area contributed by atoms with Crippen LogP contribution in [0.4, 0.5) is 10.5 Å². The number of carbonyl (C=O) groups is 7. The fourth-order valence-corrected chi connectivity index (χ4v) is 10.4. The number of nitrogens with one attached hydrogen (secondary N) is 4. The number of aliphatic hydroxyl groups excluding tert-OH is 2. The Labute approximate surface area is 466 Å². The van der Waals surface area contributed by atoms with E-state index in [1.807, 2.05) is 60.7 Å². The lowest BCUT2D eigenvalue weighted by Crippen LogP contribution is -2.56. The number of aromatic hydroxyl groups is 2. The van der Waals surface area contributed by atoms with Crippen molar-refractivity contribution in [2.45, 2.75) is 119 Å². The van der Waals surface area contributed by atoms with Gasteiger partial charge in [-0.05, 0) is 74.0 Å². The third kappa shape index (κ3) is 13.4. The lowest BCUT2D eigenvalue weighted by atomic mass is 9.72. The number of alkyl carbamates (subject to hydrolysis) is 1. The van der Waals surface area contributed by atoms with E-state index in [1.54, 1.807) is 24.3 Å². The van der Waals surface area contributed by atoms with Crippen molar-refractivity contribution in [2.24, 2.45) is 11.5 Å². The number of Topliss-reactive ketones (excluding diaryl/α,β-unsaturated/α-hetero) is 1. The zero-order valence-electron chi connectivity index (χ0n) is 44.6. The number of ketones is 3. The monoisotopic (exact) mass is 1110 g/mol. The van der Waals surface area contributed by atoms with Gasteiger partial charge in [-0.25, -0.2) is 4.79 Å². The van der Waals surface area contributed by atoms with E-state index in [1.165, 1.54) is 32.2 Å². The Hall–Kier alpha value is -8.09. The number of phenolic OH excluding ortho intramolecular Hbond substituents is 2. The number of rotatable bonds is 22. The first kappa shape index (κ1) is 59.0. The molecule has 8 rings (SSSR count). The van der Waals surface area contributed by atoms with Crippen LogP contribution >= 0.6 is 0 Å². The van der Waals surface area contributed by atoms with Gasteiger partial charge in [0.1, 0.15) is 54.3 Å². The largest absolute Gasteiger partial charge is 0.507 e. The molecule has 6 unspecified atom stereocenters. The Morgan fingerprint density at radius 1 is 0.778 bits per heavy atom. The van der Waals surface area contributed by atoms with Gasteiger partial charge >= 0.3 is 6.09 Å². The normalized spacial score (nSPS) is 21.2. The molecule has 5 aromatic carbocycles. The highest BCUT2D eigenvalue weighted by atomic mass is 16.7. The molecule has 22 nitrogen and oxygen atoms in total. The third-order valence-corrected chi connectivity index (χ3v) is 14.8. The van der Waals surface area contributed by atoms with Crippen LogP contribution in [0.25, 0.3) is 0 Å². The lowest BCUT2D eigenvalue weighted by molar-refractivity contribution is -0.249. The number of unbranched alkanes of at least 4 members (excludes halogenated alkanes) is 1.